The van der Waals surface area contributed by atoms with Gasteiger partial charge in [-0.15, -0.1) is 11.3 Å². The molecule has 356 valence electrons. The van der Waals surface area contributed by atoms with Gasteiger partial charge in [0.1, 0.15) is 18.4 Å². The Hall–Kier alpha value is -5.24. The molecule has 2 atom stereocenters. The number of carbonyl (C=O) groups excluding carboxylic acids is 3. The van der Waals surface area contributed by atoms with E-state index in [2.05, 4.69) is 20.3 Å². The van der Waals surface area contributed by atoms with E-state index in [0.717, 1.165) is 44.5 Å². The third-order valence-corrected chi connectivity index (χ3v) is 12.9. The van der Waals surface area contributed by atoms with Gasteiger partial charge in [0.2, 0.25) is 12.5 Å². The van der Waals surface area contributed by atoms with Gasteiger partial charge >= 0.3 is 6.18 Å². The SMILES string of the molecule is Cc1ncsc1-c1ccc(C[N+](=O)C2CCCN2C(=O)C(NC(=O)COCCOCCNC(=O)c2ccc(Oc3ccc(Cl)cc3NSc3ccc(Cl)c(C(F)(F)F)c3)cc2)C(C)(C)C)cc1. The highest BCUT2D eigenvalue weighted by molar-refractivity contribution is 8.00. The summed E-state index contributed by atoms with van der Waals surface area (Å²) in [6.07, 6.45) is -4.07. The lowest BCUT2D eigenvalue weighted by molar-refractivity contribution is -0.617. The number of likely N-dealkylation sites (tertiary alicyclic amines) is 1. The fourth-order valence-corrected chi connectivity index (χ4v) is 8.95. The van der Waals surface area contributed by atoms with Crippen LogP contribution in [0.5, 0.6) is 11.5 Å². The van der Waals surface area contributed by atoms with E-state index in [4.69, 9.17) is 37.4 Å². The summed E-state index contributed by atoms with van der Waals surface area (Å²) < 4.78 is 61.0. The first-order chi connectivity index (χ1) is 31.9. The lowest BCUT2D eigenvalue weighted by Crippen LogP contribution is -2.57. The summed E-state index contributed by atoms with van der Waals surface area (Å²) in [6.45, 7) is 8.34. The molecular formula is C47H50Cl2F3N6O7S2+. The summed E-state index contributed by atoms with van der Waals surface area (Å²) in [5.41, 5.74) is 3.77. The summed E-state index contributed by atoms with van der Waals surface area (Å²) in [4.78, 5) is 60.4. The molecule has 1 aliphatic heterocycles. The summed E-state index contributed by atoms with van der Waals surface area (Å²) in [5.74, 6) is -0.431. The number of halogens is 5. The molecule has 0 bridgehead atoms. The van der Waals surface area contributed by atoms with Gasteiger partial charge in [0.15, 0.2) is 5.75 Å². The Labute approximate surface area is 404 Å². The molecule has 2 heterocycles. The molecule has 4 aromatic carbocycles. The van der Waals surface area contributed by atoms with E-state index >= 15 is 0 Å². The number of nitroso groups, excluding NO2 is 1. The molecule has 1 aromatic heterocycles. The predicted molar refractivity (Wildman–Crippen MR) is 254 cm³/mol. The molecule has 0 aliphatic carbocycles. The molecule has 0 saturated carbocycles. The van der Waals surface area contributed by atoms with Crippen LogP contribution in [-0.4, -0.2) is 84.1 Å². The number of hydrogen-bond acceptors (Lipinski definition) is 11. The maximum Gasteiger partial charge on any atom is 0.417 e. The van der Waals surface area contributed by atoms with Crippen LogP contribution in [-0.2, 0) is 31.8 Å². The number of benzene rings is 4. The molecule has 0 spiro atoms. The molecule has 67 heavy (non-hydrogen) atoms. The van der Waals surface area contributed by atoms with Crippen LogP contribution in [0, 0.1) is 17.2 Å². The number of nitrogens with one attached hydrogen (secondary N) is 3. The van der Waals surface area contributed by atoms with E-state index in [1.807, 2.05) is 52.0 Å². The first-order valence-corrected chi connectivity index (χ1v) is 23.7. The third-order valence-electron chi connectivity index (χ3n) is 10.5. The number of thiazole rings is 1. The summed E-state index contributed by atoms with van der Waals surface area (Å²) in [7, 11) is 0. The van der Waals surface area contributed by atoms with Gasteiger partial charge in [0.25, 0.3) is 18.0 Å². The van der Waals surface area contributed by atoms with Crippen molar-refractivity contribution in [3.05, 3.63) is 128 Å². The minimum absolute atomic E-state index is 0.0881. The van der Waals surface area contributed by atoms with Gasteiger partial charge in [-0.2, -0.15) is 13.2 Å². The first kappa shape index (κ1) is 51.2. The molecular weight excluding hydrogens is 953 g/mol. The Morgan fingerprint density at radius 3 is 2.37 bits per heavy atom. The van der Waals surface area contributed by atoms with E-state index in [1.165, 1.54) is 12.1 Å². The molecule has 1 saturated heterocycles. The maximum atomic E-state index is 13.9. The number of ether oxygens (including phenoxy) is 3. The third kappa shape index (κ3) is 14.4. The van der Waals surface area contributed by atoms with E-state index in [-0.39, 0.29) is 56.2 Å². The van der Waals surface area contributed by atoms with Crippen molar-refractivity contribution in [1.29, 1.82) is 0 Å². The second-order valence-corrected chi connectivity index (χ2v) is 19.2. The molecule has 1 fully saturated rings. The zero-order valence-corrected chi connectivity index (χ0v) is 40.2. The Kier molecular flexibility index (Phi) is 17.7. The molecule has 3 amide bonds. The van der Waals surface area contributed by atoms with Gasteiger partial charge in [-0.05, 0) is 96.9 Å². The van der Waals surface area contributed by atoms with Crippen molar-refractivity contribution in [1.82, 2.24) is 20.5 Å². The smallest absolute Gasteiger partial charge is 0.417 e. The number of nitrogens with zero attached hydrogens (tertiary/aromatic N) is 3. The predicted octanol–water partition coefficient (Wildman–Crippen LogP) is 10.6. The zero-order valence-electron chi connectivity index (χ0n) is 37.1. The molecule has 2 unspecified atom stereocenters. The highest BCUT2D eigenvalue weighted by atomic mass is 35.5. The standard InChI is InChI=1S/C47H49Cl2F3N6O7S2/c1-29-42(66-28-54-29)31-9-7-30(8-10-31)26-58(62)41-6-5-20-57(41)45(61)43(46(2,3)4)55-40(59)27-64-23-22-63-21-19-53-44(60)32-11-14-34(15-12-32)65-39-18-13-33(48)24-38(39)56-67-35-16-17-37(49)36(25-35)47(50,51)52/h7-18,24-25,28,41,43,56H,5-6,19-23,26-27H2,1-4H3,(H-,53,55,59,60)/p+1. The van der Waals surface area contributed by atoms with Crippen LogP contribution in [0.1, 0.15) is 60.8 Å². The topological polar surface area (TPSA) is 151 Å². The summed E-state index contributed by atoms with van der Waals surface area (Å²) >= 11 is 14.4. The maximum absolute atomic E-state index is 13.9. The minimum Gasteiger partial charge on any atom is -0.455 e. The molecule has 0 radical (unpaired) electrons. The second kappa shape index (κ2) is 23.2. The van der Waals surface area contributed by atoms with Gasteiger partial charge in [0, 0.05) is 50.2 Å². The summed E-state index contributed by atoms with van der Waals surface area (Å²) in [5, 5.41) is 5.56. The van der Waals surface area contributed by atoms with Gasteiger partial charge < -0.3 is 29.6 Å². The quantitative estimate of drug-likeness (QED) is 0.0390. The van der Waals surface area contributed by atoms with E-state index in [9.17, 15) is 32.5 Å². The van der Waals surface area contributed by atoms with Crippen molar-refractivity contribution in [3.8, 4) is 21.9 Å². The lowest BCUT2D eigenvalue weighted by atomic mass is 9.85. The molecule has 3 N–H and O–H groups in total. The average Bonchev–Trinajstić information content (AvgIpc) is 3.96. The van der Waals surface area contributed by atoms with Crippen LogP contribution in [0.2, 0.25) is 10.0 Å². The fraction of sp³-hybridized carbons (Fsp3) is 0.362. The molecule has 20 heteroatoms. The van der Waals surface area contributed by atoms with Crippen molar-refractivity contribution < 1.29 is 46.5 Å². The number of rotatable bonds is 20. The van der Waals surface area contributed by atoms with Crippen LogP contribution in [0.4, 0.5) is 18.9 Å². The molecule has 13 nitrogen and oxygen atoms in total. The van der Waals surface area contributed by atoms with Gasteiger partial charge in [0.05, 0.1) is 52.2 Å². The summed E-state index contributed by atoms with van der Waals surface area (Å²) in [6, 6.07) is 21.5. The minimum atomic E-state index is -4.61. The fourth-order valence-electron chi connectivity index (χ4n) is 7.04. The Bertz CT molecular complexity index is 2520. The van der Waals surface area contributed by atoms with Crippen molar-refractivity contribution in [2.45, 2.75) is 70.4 Å². The average molecular weight is 1000 g/mol. The van der Waals surface area contributed by atoms with Crippen LogP contribution in [0.15, 0.2) is 95.3 Å². The van der Waals surface area contributed by atoms with E-state index < -0.39 is 40.3 Å². The monoisotopic (exact) mass is 1000 g/mol. The zero-order chi connectivity index (χ0) is 48.3. The number of aryl methyl sites for hydroxylation is 1. The van der Waals surface area contributed by atoms with Crippen LogP contribution < -0.4 is 20.1 Å². The highest BCUT2D eigenvalue weighted by Gasteiger charge is 2.45. The number of hydrogen-bond donors (Lipinski definition) is 3. The Balaban J connectivity index is 0.886. The lowest BCUT2D eigenvalue weighted by Gasteiger charge is -2.33. The number of anilines is 1. The van der Waals surface area contributed by atoms with Crippen molar-refractivity contribution in [3.63, 3.8) is 0 Å². The highest BCUT2D eigenvalue weighted by Crippen LogP contribution is 2.39. The van der Waals surface area contributed by atoms with Crippen molar-refractivity contribution in [2.24, 2.45) is 5.41 Å². The first-order valence-electron chi connectivity index (χ1n) is 21.2. The molecule has 5 aromatic rings. The van der Waals surface area contributed by atoms with E-state index in [0.29, 0.717) is 47.2 Å². The second-order valence-electron chi connectivity index (χ2n) is 16.6. The number of carbonyl (C=O) groups is 3. The van der Waals surface area contributed by atoms with Gasteiger partial charge in [-0.25, -0.2) is 4.98 Å². The van der Waals surface area contributed by atoms with Crippen molar-refractivity contribution in [2.75, 3.05) is 44.2 Å². The van der Waals surface area contributed by atoms with Gasteiger partial charge in [-0.3, -0.25) is 19.3 Å². The largest absolute Gasteiger partial charge is 0.455 e. The number of alkyl halides is 3. The van der Waals surface area contributed by atoms with Crippen LogP contribution in [0.25, 0.3) is 10.4 Å². The Morgan fingerprint density at radius 1 is 0.955 bits per heavy atom. The normalized spacial score (nSPS) is 14.4. The van der Waals surface area contributed by atoms with Crippen LogP contribution >= 0.6 is 46.5 Å². The van der Waals surface area contributed by atoms with Gasteiger partial charge in [-0.1, -0.05) is 68.2 Å². The molecule has 1 aliphatic rings. The molecule has 6 rings (SSSR count). The Morgan fingerprint density at radius 2 is 1.69 bits per heavy atom. The number of aromatic nitrogens is 1. The van der Waals surface area contributed by atoms with Crippen molar-refractivity contribution >= 4 is 69.9 Å². The number of amides is 3. The van der Waals surface area contributed by atoms with E-state index in [1.54, 1.807) is 64.2 Å². The van der Waals surface area contributed by atoms with Crippen LogP contribution in [0.3, 0.4) is 0 Å².